The molecule has 1 aromatic carbocycles. The van der Waals surface area contributed by atoms with Gasteiger partial charge in [0.2, 0.25) is 0 Å². The van der Waals surface area contributed by atoms with Gasteiger partial charge in [-0.1, -0.05) is 19.1 Å². The molecule has 0 bridgehead atoms. The van der Waals surface area contributed by atoms with Crippen LogP contribution in [0.3, 0.4) is 0 Å². The van der Waals surface area contributed by atoms with Crippen LogP contribution in [0, 0.1) is 6.92 Å². The average molecular weight is 163 g/mol. The Hall–Kier alpha value is -0.980. The van der Waals surface area contributed by atoms with Crippen molar-refractivity contribution in [2.45, 2.75) is 26.4 Å². The zero-order valence-corrected chi connectivity index (χ0v) is 7.71. The fraction of sp³-hybridized carbons (Fsp3) is 0.364. The fourth-order valence-corrected chi connectivity index (χ4v) is 1.04. The van der Waals surface area contributed by atoms with Gasteiger partial charge in [0, 0.05) is 0 Å². The zero-order valence-electron chi connectivity index (χ0n) is 7.71. The smallest absolute Gasteiger partial charge is 0.119 e. The van der Waals surface area contributed by atoms with Gasteiger partial charge in [0.05, 0.1) is 6.10 Å². The Balaban J connectivity index is 2.65. The quantitative estimate of drug-likeness (QED) is 0.665. The standard InChI is InChI=1S/C11H15O/c1-4-10-5-7-11(8-6-10)12-9(2)3/h5-9H,2,4H2,1,3H3. The van der Waals surface area contributed by atoms with Crippen molar-refractivity contribution in [1.82, 2.24) is 0 Å². The van der Waals surface area contributed by atoms with E-state index in [0.717, 1.165) is 12.2 Å². The highest BCUT2D eigenvalue weighted by molar-refractivity contribution is 5.27. The summed E-state index contributed by atoms with van der Waals surface area (Å²) in [5, 5.41) is 0. The largest absolute Gasteiger partial charge is 0.491 e. The van der Waals surface area contributed by atoms with Gasteiger partial charge in [-0.25, -0.2) is 0 Å². The van der Waals surface area contributed by atoms with Gasteiger partial charge in [-0.05, 0) is 38.0 Å². The molecule has 0 amide bonds. The molecule has 12 heavy (non-hydrogen) atoms. The van der Waals surface area contributed by atoms with Crippen molar-refractivity contribution in [2.75, 3.05) is 0 Å². The van der Waals surface area contributed by atoms with Crippen molar-refractivity contribution in [3.63, 3.8) is 0 Å². The maximum Gasteiger partial charge on any atom is 0.119 e. The summed E-state index contributed by atoms with van der Waals surface area (Å²) in [4.78, 5) is 0. The van der Waals surface area contributed by atoms with Crippen LogP contribution in [0.1, 0.15) is 19.4 Å². The molecule has 0 spiro atoms. The van der Waals surface area contributed by atoms with Crippen LogP contribution >= 0.6 is 0 Å². The normalized spacial score (nSPS) is 10.3. The maximum absolute atomic E-state index is 5.40. The second-order valence-corrected chi connectivity index (χ2v) is 2.93. The van der Waals surface area contributed by atoms with Crippen molar-refractivity contribution in [3.8, 4) is 5.75 Å². The Morgan fingerprint density at radius 1 is 1.33 bits per heavy atom. The number of aryl methyl sites for hydroxylation is 1. The SMILES string of the molecule is [CH2]C(C)Oc1ccc(CC)cc1. The minimum Gasteiger partial charge on any atom is -0.491 e. The van der Waals surface area contributed by atoms with Crippen LogP contribution in [-0.2, 0) is 6.42 Å². The number of ether oxygens (including phenoxy) is 1. The van der Waals surface area contributed by atoms with Crippen LogP contribution in [0.2, 0.25) is 0 Å². The Morgan fingerprint density at radius 3 is 2.33 bits per heavy atom. The summed E-state index contributed by atoms with van der Waals surface area (Å²) in [6.45, 7) is 7.82. The molecule has 0 saturated carbocycles. The van der Waals surface area contributed by atoms with Crippen LogP contribution < -0.4 is 4.74 Å². The van der Waals surface area contributed by atoms with E-state index in [1.54, 1.807) is 0 Å². The highest BCUT2D eigenvalue weighted by atomic mass is 16.5. The number of benzene rings is 1. The van der Waals surface area contributed by atoms with Crippen molar-refractivity contribution in [2.24, 2.45) is 0 Å². The van der Waals surface area contributed by atoms with Crippen molar-refractivity contribution >= 4 is 0 Å². The highest BCUT2D eigenvalue weighted by Crippen LogP contribution is 2.13. The van der Waals surface area contributed by atoms with Gasteiger partial charge >= 0.3 is 0 Å². The molecule has 1 heteroatoms. The van der Waals surface area contributed by atoms with Crippen LogP contribution in [0.5, 0.6) is 5.75 Å². The Labute approximate surface area is 74.4 Å². The summed E-state index contributed by atoms with van der Waals surface area (Å²) < 4.78 is 5.40. The summed E-state index contributed by atoms with van der Waals surface area (Å²) in [7, 11) is 0. The maximum atomic E-state index is 5.40. The predicted octanol–water partition coefficient (Wildman–Crippen LogP) is 2.85. The Bertz CT molecular complexity index is 223. The van der Waals surface area contributed by atoms with Crippen LogP contribution in [0.15, 0.2) is 24.3 Å². The molecule has 0 aromatic heterocycles. The first kappa shape index (κ1) is 9.11. The topological polar surface area (TPSA) is 9.23 Å². The third-order valence-corrected chi connectivity index (χ3v) is 1.67. The van der Waals surface area contributed by atoms with E-state index in [1.165, 1.54) is 5.56 Å². The van der Waals surface area contributed by atoms with Crippen LogP contribution in [0.4, 0.5) is 0 Å². The second-order valence-electron chi connectivity index (χ2n) is 2.93. The molecule has 1 unspecified atom stereocenters. The lowest BCUT2D eigenvalue weighted by Gasteiger charge is -2.09. The van der Waals surface area contributed by atoms with E-state index in [4.69, 9.17) is 4.74 Å². The van der Waals surface area contributed by atoms with Gasteiger partial charge in [0.1, 0.15) is 5.75 Å². The number of hydrogen-bond donors (Lipinski definition) is 0. The predicted molar refractivity (Wildman–Crippen MR) is 51.3 cm³/mol. The van der Waals surface area contributed by atoms with E-state index in [-0.39, 0.29) is 6.10 Å². The number of hydrogen-bond acceptors (Lipinski definition) is 1. The zero-order chi connectivity index (χ0) is 8.97. The third-order valence-electron chi connectivity index (χ3n) is 1.67. The third kappa shape index (κ3) is 2.57. The van der Waals surface area contributed by atoms with Gasteiger partial charge in [0.25, 0.3) is 0 Å². The Kier molecular flexibility index (Phi) is 3.15. The minimum atomic E-state index is 0.0116. The van der Waals surface area contributed by atoms with E-state index in [2.05, 4.69) is 26.0 Å². The van der Waals surface area contributed by atoms with E-state index < -0.39 is 0 Å². The summed E-state index contributed by atoms with van der Waals surface area (Å²) in [6, 6.07) is 8.14. The monoisotopic (exact) mass is 163 g/mol. The lowest BCUT2D eigenvalue weighted by molar-refractivity contribution is 0.267. The van der Waals surface area contributed by atoms with Crippen molar-refractivity contribution < 1.29 is 4.74 Å². The molecule has 1 aromatic rings. The lowest BCUT2D eigenvalue weighted by atomic mass is 10.2. The molecule has 0 saturated heterocycles. The molecule has 0 aliphatic carbocycles. The van der Waals surface area contributed by atoms with Crippen molar-refractivity contribution in [1.29, 1.82) is 0 Å². The molecule has 1 radical (unpaired) electrons. The fourth-order valence-electron chi connectivity index (χ4n) is 1.04. The molecule has 0 fully saturated rings. The average Bonchev–Trinajstić information content (AvgIpc) is 2.05. The van der Waals surface area contributed by atoms with Gasteiger partial charge in [-0.2, -0.15) is 0 Å². The van der Waals surface area contributed by atoms with Gasteiger partial charge < -0.3 is 4.74 Å². The molecule has 0 N–H and O–H groups in total. The van der Waals surface area contributed by atoms with E-state index in [0.29, 0.717) is 0 Å². The molecular formula is C11H15O. The summed E-state index contributed by atoms with van der Waals surface area (Å²) >= 11 is 0. The molecule has 1 nitrogen and oxygen atoms in total. The van der Waals surface area contributed by atoms with Crippen LogP contribution in [-0.4, -0.2) is 6.10 Å². The molecule has 1 atom stereocenters. The first-order chi connectivity index (χ1) is 5.72. The van der Waals surface area contributed by atoms with E-state index >= 15 is 0 Å². The Morgan fingerprint density at radius 2 is 1.92 bits per heavy atom. The van der Waals surface area contributed by atoms with Gasteiger partial charge in [-0.15, -0.1) is 0 Å². The lowest BCUT2D eigenvalue weighted by Crippen LogP contribution is -2.05. The summed E-state index contributed by atoms with van der Waals surface area (Å²) in [5.74, 6) is 0.898. The summed E-state index contributed by atoms with van der Waals surface area (Å²) in [5.41, 5.74) is 1.33. The second kappa shape index (κ2) is 4.15. The van der Waals surface area contributed by atoms with E-state index in [9.17, 15) is 0 Å². The van der Waals surface area contributed by atoms with Gasteiger partial charge in [0.15, 0.2) is 0 Å². The first-order valence-corrected chi connectivity index (χ1v) is 4.31. The summed E-state index contributed by atoms with van der Waals surface area (Å²) in [6.07, 6.45) is 1.08. The molecular weight excluding hydrogens is 148 g/mol. The molecule has 65 valence electrons. The minimum absolute atomic E-state index is 0.0116. The van der Waals surface area contributed by atoms with Crippen molar-refractivity contribution in [3.05, 3.63) is 36.8 Å². The van der Waals surface area contributed by atoms with E-state index in [1.807, 2.05) is 19.1 Å². The molecule has 1 rings (SSSR count). The molecule has 0 heterocycles. The highest BCUT2D eigenvalue weighted by Gasteiger charge is 1.96. The first-order valence-electron chi connectivity index (χ1n) is 4.31. The van der Waals surface area contributed by atoms with Crippen LogP contribution in [0.25, 0.3) is 0 Å². The number of rotatable bonds is 3. The van der Waals surface area contributed by atoms with Gasteiger partial charge in [-0.3, -0.25) is 0 Å². The molecule has 0 aliphatic heterocycles. The molecule has 0 aliphatic rings.